The summed E-state index contributed by atoms with van der Waals surface area (Å²) in [5.41, 5.74) is -1.07. The number of nitro groups is 1. The van der Waals surface area contributed by atoms with Crippen molar-refractivity contribution in [3.63, 3.8) is 0 Å². The second-order valence-corrected chi connectivity index (χ2v) is 4.09. The molecule has 1 aromatic carbocycles. The molecule has 0 aromatic heterocycles. The molecule has 0 bridgehead atoms. The molecule has 0 saturated heterocycles. The topological polar surface area (TPSA) is 97.5 Å². The predicted octanol–water partition coefficient (Wildman–Crippen LogP) is 2.19. The van der Waals surface area contributed by atoms with Crippen LogP contribution in [0.3, 0.4) is 0 Å². The van der Waals surface area contributed by atoms with Gasteiger partial charge in [0.25, 0.3) is 0 Å². The summed E-state index contributed by atoms with van der Waals surface area (Å²) < 4.78 is 0. The van der Waals surface area contributed by atoms with Crippen LogP contribution in [0.4, 0.5) is 5.69 Å². The van der Waals surface area contributed by atoms with Crippen molar-refractivity contribution in [1.29, 1.82) is 0 Å². The Kier molecular flexibility index (Phi) is 2.67. The molecule has 0 unspecified atom stereocenters. The third kappa shape index (κ3) is 1.50. The highest BCUT2D eigenvalue weighted by atomic mass is 35.5. The number of Topliss-reactive ketones (excluding diaryl/α,β-unsaturated/α-hetero) is 2. The second kappa shape index (κ2) is 3.92. The molecule has 18 heavy (non-hydrogen) atoms. The van der Waals surface area contributed by atoms with Crippen molar-refractivity contribution in [1.82, 2.24) is 0 Å². The number of allylic oxidation sites excluding steroid dienone is 2. The van der Waals surface area contributed by atoms with Crippen LogP contribution in [-0.4, -0.2) is 21.6 Å². The third-order valence-corrected chi connectivity index (χ3v) is 3.15. The van der Waals surface area contributed by atoms with Gasteiger partial charge < -0.3 is 5.11 Å². The average molecular weight is 268 g/mol. The van der Waals surface area contributed by atoms with Gasteiger partial charge in [0.15, 0.2) is 5.78 Å². The zero-order valence-corrected chi connectivity index (χ0v) is 9.82. The number of ketones is 2. The van der Waals surface area contributed by atoms with E-state index in [0.29, 0.717) is 0 Å². The van der Waals surface area contributed by atoms with Crippen LogP contribution in [0.15, 0.2) is 22.7 Å². The van der Waals surface area contributed by atoms with Crippen molar-refractivity contribution in [2.24, 2.45) is 0 Å². The van der Waals surface area contributed by atoms with Gasteiger partial charge in [-0.05, 0) is 13.0 Å². The first kappa shape index (κ1) is 12.3. The smallest absolute Gasteiger partial charge is 0.311 e. The number of phenolic OH excluding ortho intramolecular Hbond substituents is 1. The van der Waals surface area contributed by atoms with Crippen LogP contribution in [0.5, 0.6) is 5.75 Å². The molecule has 0 saturated carbocycles. The molecule has 0 radical (unpaired) electrons. The van der Waals surface area contributed by atoms with E-state index in [1.165, 1.54) is 6.92 Å². The number of benzene rings is 1. The lowest BCUT2D eigenvalue weighted by molar-refractivity contribution is -0.385. The summed E-state index contributed by atoms with van der Waals surface area (Å²) in [6, 6.07) is 2.12. The number of hydrogen-bond donors (Lipinski definition) is 1. The lowest BCUT2D eigenvalue weighted by Gasteiger charge is -2.15. The minimum atomic E-state index is -0.841. The van der Waals surface area contributed by atoms with Crippen LogP contribution in [-0.2, 0) is 0 Å². The van der Waals surface area contributed by atoms with E-state index in [2.05, 4.69) is 0 Å². The number of hydrogen-bond acceptors (Lipinski definition) is 5. The number of rotatable bonds is 1. The summed E-state index contributed by atoms with van der Waals surface area (Å²) in [4.78, 5) is 33.5. The van der Waals surface area contributed by atoms with E-state index in [1.807, 2.05) is 0 Å². The van der Waals surface area contributed by atoms with Crippen molar-refractivity contribution in [2.75, 3.05) is 0 Å². The lowest BCUT2D eigenvalue weighted by atomic mass is 9.89. The third-order valence-electron chi connectivity index (χ3n) is 2.69. The molecular formula is C11H6ClNO5. The van der Waals surface area contributed by atoms with Gasteiger partial charge in [-0.15, -0.1) is 0 Å². The SMILES string of the molecule is CC1=C(Cl)C(=O)c2c(ccc([N+](=O)[O-])c2O)C1=O. The Morgan fingerprint density at radius 1 is 1.28 bits per heavy atom. The summed E-state index contributed by atoms with van der Waals surface area (Å²) in [6.45, 7) is 1.38. The molecule has 0 fully saturated rings. The Bertz CT molecular complexity index is 647. The zero-order valence-electron chi connectivity index (χ0n) is 9.06. The van der Waals surface area contributed by atoms with Gasteiger partial charge in [-0.1, -0.05) is 11.6 Å². The summed E-state index contributed by atoms with van der Waals surface area (Å²) in [5, 5.41) is 20.0. The van der Waals surface area contributed by atoms with E-state index in [4.69, 9.17) is 11.6 Å². The highest BCUT2D eigenvalue weighted by Crippen LogP contribution is 2.38. The molecule has 1 aliphatic carbocycles. The van der Waals surface area contributed by atoms with E-state index in [-0.39, 0.29) is 16.2 Å². The van der Waals surface area contributed by atoms with Gasteiger partial charge >= 0.3 is 5.69 Å². The number of aromatic hydroxyl groups is 1. The lowest BCUT2D eigenvalue weighted by Crippen LogP contribution is -2.19. The Hall–Kier alpha value is -2.21. The fraction of sp³-hybridized carbons (Fsp3) is 0.0909. The van der Waals surface area contributed by atoms with E-state index in [1.54, 1.807) is 0 Å². The van der Waals surface area contributed by atoms with Gasteiger partial charge in [0, 0.05) is 17.2 Å². The number of carbonyl (C=O) groups is 2. The number of phenols is 1. The number of carbonyl (C=O) groups excluding carboxylic acids is 2. The molecule has 1 N–H and O–H groups in total. The largest absolute Gasteiger partial charge is 0.502 e. The summed E-state index contributed by atoms with van der Waals surface area (Å²) in [5.74, 6) is -2.15. The molecule has 0 atom stereocenters. The number of fused-ring (bicyclic) bond motifs is 1. The first-order chi connectivity index (χ1) is 8.36. The van der Waals surface area contributed by atoms with Crippen molar-refractivity contribution >= 4 is 28.9 Å². The summed E-state index contributed by atoms with van der Waals surface area (Å²) in [6.07, 6.45) is 0. The highest BCUT2D eigenvalue weighted by molar-refractivity contribution is 6.50. The first-order valence-corrected chi connectivity index (χ1v) is 5.20. The van der Waals surface area contributed by atoms with E-state index < -0.39 is 33.5 Å². The van der Waals surface area contributed by atoms with Crippen molar-refractivity contribution in [2.45, 2.75) is 6.92 Å². The van der Waals surface area contributed by atoms with Crippen LogP contribution in [0.2, 0.25) is 0 Å². The van der Waals surface area contributed by atoms with Gasteiger partial charge in [0.05, 0.1) is 15.5 Å². The molecule has 6 nitrogen and oxygen atoms in total. The average Bonchev–Trinajstić information content (AvgIpc) is 2.32. The van der Waals surface area contributed by atoms with Gasteiger partial charge in [-0.3, -0.25) is 19.7 Å². The highest BCUT2D eigenvalue weighted by Gasteiger charge is 2.34. The Morgan fingerprint density at radius 2 is 1.89 bits per heavy atom. The Balaban J connectivity index is 2.80. The van der Waals surface area contributed by atoms with E-state index in [9.17, 15) is 24.8 Å². The standard InChI is InChI=1S/C11H6ClNO5/c1-4-8(12)11(16)7-5(9(4)14)2-3-6(10(7)15)13(17)18/h2-3,15H,1H3. The van der Waals surface area contributed by atoms with Gasteiger partial charge in [-0.25, -0.2) is 0 Å². The quantitative estimate of drug-likeness (QED) is 0.621. The molecule has 1 aromatic rings. The van der Waals surface area contributed by atoms with Crippen molar-refractivity contribution in [3.05, 3.63) is 44.0 Å². The molecule has 7 heteroatoms. The second-order valence-electron chi connectivity index (χ2n) is 3.71. The molecule has 0 aliphatic heterocycles. The van der Waals surface area contributed by atoms with Crippen LogP contribution < -0.4 is 0 Å². The van der Waals surface area contributed by atoms with Crippen LogP contribution in [0.1, 0.15) is 27.6 Å². The minimum Gasteiger partial charge on any atom is -0.502 e. The molecule has 1 aliphatic rings. The van der Waals surface area contributed by atoms with Crippen molar-refractivity contribution < 1.29 is 19.6 Å². The number of halogens is 1. The molecule has 2 rings (SSSR count). The fourth-order valence-corrected chi connectivity index (χ4v) is 1.91. The van der Waals surface area contributed by atoms with Crippen LogP contribution in [0, 0.1) is 10.1 Å². The maximum Gasteiger partial charge on any atom is 0.311 e. The number of nitrogens with zero attached hydrogens (tertiary/aromatic N) is 1. The predicted molar refractivity (Wildman–Crippen MR) is 62.0 cm³/mol. The maximum atomic E-state index is 11.8. The van der Waals surface area contributed by atoms with Gasteiger partial charge in [0.2, 0.25) is 11.5 Å². The molecule has 0 spiro atoms. The zero-order chi connectivity index (χ0) is 13.6. The van der Waals surface area contributed by atoms with E-state index >= 15 is 0 Å². The number of nitro benzene ring substituents is 1. The van der Waals surface area contributed by atoms with E-state index in [0.717, 1.165) is 12.1 Å². The first-order valence-electron chi connectivity index (χ1n) is 4.82. The fourth-order valence-electron chi connectivity index (χ4n) is 1.73. The molecule has 92 valence electrons. The minimum absolute atomic E-state index is 0.0578. The Labute approximate surface area is 106 Å². The van der Waals surface area contributed by atoms with Gasteiger partial charge in [-0.2, -0.15) is 0 Å². The molecular weight excluding hydrogens is 262 g/mol. The normalized spacial score (nSPS) is 14.8. The van der Waals surface area contributed by atoms with Crippen LogP contribution >= 0.6 is 11.6 Å². The maximum absolute atomic E-state index is 11.8. The van der Waals surface area contributed by atoms with Gasteiger partial charge in [0.1, 0.15) is 0 Å². The molecule has 0 amide bonds. The monoisotopic (exact) mass is 267 g/mol. The summed E-state index contributed by atoms with van der Waals surface area (Å²) >= 11 is 5.67. The van der Waals surface area contributed by atoms with Crippen molar-refractivity contribution in [3.8, 4) is 5.75 Å². The summed E-state index contributed by atoms with van der Waals surface area (Å²) in [7, 11) is 0. The molecule has 0 heterocycles. The van der Waals surface area contributed by atoms with Crippen LogP contribution in [0.25, 0.3) is 0 Å². The Morgan fingerprint density at radius 3 is 2.44 bits per heavy atom.